The van der Waals surface area contributed by atoms with Crippen molar-refractivity contribution >= 4 is 12.6 Å². The van der Waals surface area contributed by atoms with Gasteiger partial charge in [0.25, 0.3) is 0 Å². The van der Waals surface area contributed by atoms with Crippen LogP contribution in [0.15, 0.2) is 24.3 Å². The Balaban J connectivity index is 1.76. The van der Waals surface area contributed by atoms with Gasteiger partial charge in [-0.05, 0) is 38.7 Å². The molecule has 0 atom stereocenters. The zero-order valence-electron chi connectivity index (χ0n) is 13.2. The molecule has 4 nitrogen and oxygen atoms in total. The molecule has 1 aromatic carbocycles. The van der Waals surface area contributed by atoms with E-state index in [1.54, 1.807) is 0 Å². The van der Waals surface area contributed by atoms with Crippen molar-refractivity contribution in [3.8, 4) is 0 Å². The van der Waals surface area contributed by atoms with Crippen LogP contribution in [0, 0.1) is 0 Å². The Hall–Kier alpha value is -0.875. The van der Waals surface area contributed by atoms with Gasteiger partial charge in [0.2, 0.25) is 0 Å². The lowest BCUT2D eigenvalue weighted by molar-refractivity contribution is -0.135. The molecule has 2 fully saturated rings. The van der Waals surface area contributed by atoms with E-state index < -0.39 is 0 Å². The highest BCUT2D eigenvalue weighted by Gasteiger charge is 2.52. The average molecular weight is 290 g/mol. The maximum atomic E-state index is 6.14. The van der Waals surface area contributed by atoms with Crippen molar-refractivity contribution in [1.82, 2.24) is 0 Å². The van der Waals surface area contributed by atoms with E-state index in [0.717, 1.165) is 11.0 Å². The van der Waals surface area contributed by atoms with Gasteiger partial charge in [0.1, 0.15) is 6.10 Å². The Morgan fingerprint density at radius 1 is 1.10 bits per heavy atom. The molecule has 0 spiro atoms. The summed E-state index contributed by atoms with van der Waals surface area (Å²) in [5.41, 5.74) is 1.51. The van der Waals surface area contributed by atoms with Gasteiger partial charge in [-0.15, -0.1) is 0 Å². The van der Waals surface area contributed by atoms with E-state index in [1.807, 2.05) is 12.1 Å². The fraction of sp³-hybridized carbons (Fsp3) is 0.625. The average Bonchev–Trinajstić information content (AvgIpc) is 2.57. The quantitative estimate of drug-likeness (QED) is 0.794. The highest BCUT2D eigenvalue weighted by atomic mass is 16.7. The molecule has 5 heteroatoms. The third kappa shape index (κ3) is 2.88. The highest BCUT2D eigenvalue weighted by Crippen LogP contribution is 2.36. The molecule has 3 rings (SSSR count). The predicted molar refractivity (Wildman–Crippen MR) is 81.6 cm³/mol. The van der Waals surface area contributed by atoms with E-state index in [-0.39, 0.29) is 24.4 Å². The molecule has 114 valence electrons. The van der Waals surface area contributed by atoms with E-state index >= 15 is 0 Å². The van der Waals surface area contributed by atoms with Gasteiger partial charge in [-0.25, -0.2) is 0 Å². The summed E-state index contributed by atoms with van der Waals surface area (Å²) in [6, 6.07) is 8.15. The Kier molecular flexibility index (Phi) is 3.86. The molecule has 0 amide bonds. The fourth-order valence-electron chi connectivity index (χ4n) is 2.38. The van der Waals surface area contributed by atoms with E-state index in [1.165, 1.54) is 0 Å². The largest absolute Gasteiger partial charge is 0.495 e. The summed E-state index contributed by atoms with van der Waals surface area (Å²) >= 11 is 0. The third-order valence-electron chi connectivity index (χ3n) is 4.64. The summed E-state index contributed by atoms with van der Waals surface area (Å²) in [5.74, 6) is 0. The fourth-order valence-corrected chi connectivity index (χ4v) is 2.38. The third-order valence-corrected chi connectivity index (χ3v) is 4.64. The Morgan fingerprint density at radius 3 is 2.29 bits per heavy atom. The van der Waals surface area contributed by atoms with Crippen LogP contribution >= 0.6 is 0 Å². The van der Waals surface area contributed by atoms with Crippen LogP contribution < -0.4 is 5.46 Å². The van der Waals surface area contributed by atoms with Crippen molar-refractivity contribution in [2.45, 2.75) is 51.6 Å². The van der Waals surface area contributed by atoms with Crippen LogP contribution in [0.1, 0.15) is 33.3 Å². The molecule has 2 aliphatic rings. The zero-order valence-corrected chi connectivity index (χ0v) is 13.2. The van der Waals surface area contributed by atoms with Gasteiger partial charge in [0.05, 0.1) is 31.0 Å². The summed E-state index contributed by atoms with van der Waals surface area (Å²) in [4.78, 5) is 0. The summed E-state index contributed by atoms with van der Waals surface area (Å²) in [5, 5.41) is 0. The first-order chi connectivity index (χ1) is 9.89. The second kappa shape index (κ2) is 5.40. The van der Waals surface area contributed by atoms with Crippen LogP contribution in [0.4, 0.5) is 0 Å². The molecule has 2 heterocycles. The van der Waals surface area contributed by atoms with E-state index in [0.29, 0.717) is 19.8 Å². The highest BCUT2D eigenvalue weighted by molar-refractivity contribution is 6.62. The molecular weight excluding hydrogens is 267 g/mol. The molecule has 0 radical (unpaired) electrons. The minimum atomic E-state index is -0.340. The Labute approximate surface area is 126 Å². The van der Waals surface area contributed by atoms with Gasteiger partial charge in [0.15, 0.2) is 0 Å². The van der Waals surface area contributed by atoms with Crippen molar-refractivity contribution < 1.29 is 18.8 Å². The molecule has 2 saturated heterocycles. The lowest BCUT2D eigenvalue weighted by atomic mass is 9.76. The number of hydrogen-bond donors (Lipinski definition) is 0. The van der Waals surface area contributed by atoms with Crippen molar-refractivity contribution in [2.75, 3.05) is 13.2 Å². The molecule has 0 N–H and O–H groups in total. The first-order valence-electron chi connectivity index (χ1n) is 7.52. The van der Waals surface area contributed by atoms with Crippen LogP contribution in [0.3, 0.4) is 0 Å². The van der Waals surface area contributed by atoms with Gasteiger partial charge in [0, 0.05) is 0 Å². The minimum absolute atomic E-state index is 0.219. The maximum absolute atomic E-state index is 6.14. The van der Waals surface area contributed by atoms with Crippen LogP contribution in [-0.4, -0.2) is 37.6 Å². The first-order valence-corrected chi connectivity index (χ1v) is 7.52. The van der Waals surface area contributed by atoms with Gasteiger partial charge in [-0.3, -0.25) is 0 Å². The molecule has 0 aromatic heterocycles. The van der Waals surface area contributed by atoms with Crippen LogP contribution in [0.2, 0.25) is 0 Å². The van der Waals surface area contributed by atoms with E-state index in [2.05, 4.69) is 39.8 Å². The van der Waals surface area contributed by atoms with Gasteiger partial charge in [-0.1, -0.05) is 24.3 Å². The second-order valence-corrected chi connectivity index (χ2v) is 6.76. The number of ether oxygens (including phenoxy) is 2. The van der Waals surface area contributed by atoms with E-state index in [9.17, 15) is 0 Å². The monoisotopic (exact) mass is 290 g/mol. The standard InChI is InChI=1S/C16H23BO4/c1-15(2)16(3,4)21-17(20-15)14-8-6-5-7-12(14)9-19-13-10-18-11-13/h5-8,13H,9-11H2,1-4H3. The molecule has 2 aliphatic heterocycles. The molecule has 0 aliphatic carbocycles. The van der Waals surface area contributed by atoms with E-state index in [4.69, 9.17) is 18.8 Å². The Morgan fingerprint density at radius 2 is 1.71 bits per heavy atom. The van der Waals surface area contributed by atoms with Gasteiger partial charge >= 0.3 is 7.12 Å². The SMILES string of the molecule is CC1(C)OB(c2ccccc2COC2COC2)OC1(C)C. The summed E-state index contributed by atoms with van der Waals surface area (Å²) in [6.07, 6.45) is 0.219. The molecule has 0 bridgehead atoms. The summed E-state index contributed by atoms with van der Waals surface area (Å²) < 4.78 is 23.2. The van der Waals surface area contributed by atoms with Crippen LogP contribution in [0.5, 0.6) is 0 Å². The lowest BCUT2D eigenvalue weighted by Gasteiger charge is -2.32. The van der Waals surface area contributed by atoms with Gasteiger partial charge in [-0.2, -0.15) is 0 Å². The lowest BCUT2D eigenvalue weighted by Crippen LogP contribution is -2.41. The van der Waals surface area contributed by atoms with Crippen molar-refractivity contribution in [2.24, 2.45) is 0 Å². The molecule has 1 aromatic rings. The predicted octanol–water partition coefficient (Wildman–Crippen LogP) is 1.90. The van der Waals surface area contributed by atoms with Crippen LogP contribution in [-0.2, 0) is 25.4 Å². The number of hydrogen-bond acceptors (Lipinski definition) is 4. The zero-order chi connectivity index (χ0) is 15.1. The minimum Gasteiger partial charge on any atom is -0.399 e. The van der Waals surface area contributed by atoms with Crippen molar-refractivity contribution in [1.29, 1.82) is 0 Å². The van der Waals surface area contributed by atoms with Crippen LogP contribution in [0.25, 0.3) is 0 Å². The number of rotatable bonds is 4. The smallest absolute Gasteiger partial charge is 0.399 e. The number of benzene rings is 1. The normalized spacial score (nSPS) is 24.1. The molecule has 0 saturated carbocycles. The molecule has 21 heavy (non-hydrogen) atoms. The summed E-state index contributed by atoms with van der Waals surface area (Å²) in [7, 11) is -0.340. The molecule has 0 unspecified atom stereocenters. The first kappa shape index (κ1) is 15.0. The Bertz CT molecular complexity index is 495. The summed E-state index contributed by atoms with van der Waals surface area (Å²) in [6.45, 7) is 10.2. The van der Waals surface area contributed by atoms with Crippen molar-refractivity contribution in [3.05, 3.63) is 29.8 Å². The second-order valence-electron chi connectivity index (χ2n) is 6.76. The van der Waals surface area contributed by atoms with Gasteiger partial charge < -0.3 is 18.8 Å². The molecular formula is C16H23BO4. The topological polar surface area (TPSA) is 36.9 Å². The maximum Gasteiger partial charge on any atom is 0.495 e. The van der Waals surface area contributed by atoms with Crippen molar-refractivity contribution in [3.63, 3.8) is 0 Å².